The van der Waals surface area contributed by atoms with E-state index in [2.05, 4.69) is 6.92 Å². The van der Waals surface area contributed by atoms with E-state index < -0.39 is 0 Å². The molecule has 0 spiro atoms. The summed E-state index contributed by atoms with van der Waals surface area (Å²) in [6, 6.07) is 0. The predicted octanol–water partition coefficient (Wildman–Crippen LogP) is 7.67. The minimum Gasteiger partial charge on any atom is -0.466 e. The van der Waals surface area contributed by atoms with E-state index in [1.165, 1.54) is 83.5 Å². The van der Waals surface area contributed by atoms with E-state index in [9.17, 15) is 9.59 Å². The summed E-state index contributed by atoms with van der Waals surface area (Å²) in [7, 11) is 0. The van der Waals surface area contributed by atoms with Crippen LogP contribution in [0.5, 0.6) is 0 Å². The molecule has 0 heterocycles. The van der Waals surface area contributed by atoms with E-state index in [0.717, 1.165) is 25.7 Å². The van der Waals surface area contributed by atoms with Gasteiger partial charge in [0.05, 0.1) is 6.61 Å². The quantitative estimate of drug-likeness (QED) is 0.158. The number of hydrogen-bond donors (Lipinski definition) is 0. The van der Waals surface area contributed by atoms with Gasteiger partial charge in [-0.1, -0.05) is 84.0 Å². The van der Waals surface area contributed by atoms with Crippen molar-refractivity contribution in [3.63, 3.8) is 0 Å². The van der Waals surface area contributed by atoms with Crippen LogP contribution in [-0.2, 0) is 19.1 Å². The number of rotatable bonds is 19. The molecule has 0 N–H and O–H groups in total. The molecule has 0 aromatic rings. The molecule has 0 bridgehead atoms. The van der Waals surface area contributed by atoms with E-state index >= 15 is 0 Å². The van der Waals surface area contributed by atoms with E-state index in [4.69, 9.17) is 9.47 Å². The highest BCUT2D eigenvalue weighted by molar-refractivity contribution is 5.70. The van der Waals surface area contributed by atoms with Crippen LogP contribution >= 0.6 is 0 Å². The van der Waals surface area contributed by atoms with E-state index in [-0.39, 0.29) is 18.0 Å². The Hall–Kier alpha value is -1.06. The number of esters is 2. The van der Waals surface area contributed by atoms with Crippen LogP contribution in [0.2, 0.25) is 0 Å². The van der Waals surface area contributed by atoms with Crippen molar-refractivity contribution in [3.8, 4) is 0 Å². The van der Waals surface area contributed by atoms with Crippen LogP contribution in [-0.4, -0.2) is 24.6 Å². The summed E-state index contributed by atoms with van der Waals surface area (Å²) in [6.07, 6.45) is 23.7. The first-order valence-corrected chi connectivity index (χ1v) is 13.1. The van der Waals surface area contributed by atoms with Crippen LogP contribution in [0.3, 0.4) is 0 Å². The summed E-state index contributed by atoms with van der Waals surface area (Å²) in [5.74, 6) is -0.231. The Labute approximate surface area is 185 Å². The molecule has 0 unspecified atom stereocenters. The standard InChI is InChI=1S/C26H48O4/c1-2-3-4-5-6-7-8-9-10-11-12-18-23-29-25(27)21-16-17-22-26(28)30-24-19-14-13-15-20-24/h24H,2-23H2,1H3. The van der Waals surface area contributed by atoms with Crippen molar-refractivity contribution in [2.24, 2.45) is 0 Å². The normalized spacial score (nSPS) is 14.6. The maximum Gasteiger partial charge on any atom is 0.306 e. The third-order valence-corrected chi connectivity index (χ3v) is 6.12. The molecule has 4 heteroatoms. The number of unbranched alkanes of at least 4 members (excludes halogenated alkanes) is 12. The highest BCUT2D eigenvalue weighted by Gasteiger charge is 2.17. The Morgan fingerprint density at radius 2 is 1.13 bits per heavy atom. The second-order valence-electron chi connectivity index (χ2n) is 9.07. The topological polar surface area (TPSA) is 52.6 Å². The SMILES string of the molecule is CCCCCCCCCCCCCCOC(=O)CCCCC(=O)OC1CCCCC1. The molecule has 4 nitrogen and oxygen atoms in total. The molecule has 0 radical (unpaired) electrons. The largest absolute Gasteiger partial charge is 0.466 e. The van der Waals surface area contributed by atoms with Gasteiger partial charge in [0.2, 0.25) is 0 Å². The van der Waals surface area contributed by atoms with Gasteiger partial charge in [-0.05, 0) is 44.9 Å². The minimum absolute atomic E-state index is 0.105. The van der Waals surface area contributed by atoms with Gasteiger partial charge < -0.3 is 9.47 Å². The fourth-order valence-corrected chi connectivity index (χ4v) is 4.17. The maximum atomic E-state index is 11.8. The molecule has 0 atom stereocenters. The highest BCUT2D eigenvalue weighted by Crippen LogP contribution is 2.21. The predicted molar refractivity (Wildman–Crippen MR) is 123 cm³/mol. The molecule has 0 aromatic carbocycles. The monoisotopic (exact) mass is 424 g/mol. The zero-order valence-corrected chi connectivity index (χ0v) is 19.8. The molecule has 30 heavy (non-hydrogen) atoms. The van der Waals surface area contributed by atoms with Crippen molar-refractivity contribution in [2.75, 3.05) is 6.61 Å². The highest BCUT2D eigenvalue weighted by atomic mass is 16.5. The molecule has 1 aliphatic rings. The van der Waals surface area contributed by atoms with Gasteiger partial charge in [0.15, 0.2) is 0 Å². The lowest BCUT2D eigenvalue weighted by Crippen LogP contribution is -2.20. The average Bonchev–Trinajstić information content (AvgIpc) is 2.75. The van der Waals surface area contributed by atoms with Crippen molar-refractivity contribution >= 4 is 11.9 Å². The lowest BCUT2D eigenvalue weighted by atomic mass is 9.98. The second-order valence-corrected chi connectivity index (χ2v) is 9.07. The van der Waals surface area contributed by atoms with Crippen molar-refractivity contribution < 1.29 is 19.1 Å². The van der Waals surface area contributed by atoms with Crippen molar-refractivity contribution in [2.45, 2.75) is 148 Å². The number of carbonyl (C=O) groups is 2. The first-order valence-electron chi connectivity index (χ1n) is 13.1. The first kappa shape index (κ1) is 27.0. The van der Waals surface area contributed by atoms with Crippen LogP contribution in [0.4, 0.5) is 0 Å². The second kappa shape index (κ2) is 19.9. The molecule has 0 saturated heterocycles. The summed E-state index contributed by atoms with van der Waals surface area (Å²) >= 11 is 0. The van der Waals surface area contributed by atoms with Crippen LogP contribution in [0, 0.1) is 0 Å². The molecule has 0 amide bonds. The fraction of sp³-hybridized carbons (Fsp3) is 0.923. The van der Waals surface area contributed by atoms with E-state index in [1.807, 2.05) is 0 Å². The van der Waals surface area contributed by atoms with Crippen LogP contribution in [0.15, 0.2) is 0 Å². The first-order chi connectivity index (χ1) is 14.7. The Balaban J connectivity index is 1.79. The van der Waals surface area contributed by atoms with Crippen LogP contribution in [0.1, 0.15) is 142 Å². The molecular formula is C26H48O4. The molecule has 1 saturated carbocycles. The summed E-state index contributed by atoms with van der Waals surface area (Å²) < 4.78 is 10.8. The lowest BCUT2D eigenvalue weighted by molar-refractivity contribution is -0.151. The van der Waals surface area contributed by atoms with Gasteiger partial charge in [0.1, 0.15) is 6.10 Å². The molecule has 0 aromatic heterocycles. The van der Waals surface area contributed by atoms with Crippen LogP contribution in [0.25, 0.3) is 0 Å². The Morgan fingerprint density at radius 3 is 1.70 bits per heavy atom. The number of hydrogen-bond acceptors (Lipinski definition) is 4. The van der Waals surface area contributed by atoms with Crippen LogP contribution < -0.4 is 0 Å². The zero-order chi connectivity index (χ0) is 21.7. The van der Waals surface area contributed by atoms with Gasteiger partial charge in [-0.3, -0.25) is 9.59 Å². The minimum atomic E-state index is -0.126. The van der Waals surface area contributed by atoms with E-state index in [0.29, 0.717) is 32.3 Å². The maximum absolute atomic E-state index is 11.8. The molecule has 1 fully saturated rings. The van der Waals surface area contributed by atoms with Crippen molar-refractivity contribution in [1.29, 1.82) is 0 Å². The Morgan fingerprint density at radius 1 is 0.633 bits per heavy atom. The summed E-state index contributed by atoms with van der Waals surface area (Å²) in [4.78, 5) is 23.6. The van der Waals surface area contributed by atoms with Gasteiger partial charge in [0.25, 0.3) is 0 Å². The Kier molecular flexibility index (Phi) is 17.9. The number of carbonyl (C=O) groups excluding carboxylic acids is 2. The lowest BCUT2D eigenvalue weighted by Gasteiger charge is -2.21. The summed E-state index contributed by atoms with van der Waals surface area (Å²) in [5.41, 5.74) is 0. The molecular weight excluding hydrogens is 376 g/mol. The zero-order valence-electron chi connectivity index (χ0n) is 19.8. The Bertz CT molecular complexity index is 415. The molecule has 176 valence electrons. The average molecular weight is 425 g/mol. The summed E-state index contributed by atoms with van der Waals surface area (Å²) in [6.45, 7) is 2.81. The summed E-state index contributed by atoms with van der Waals surface area (Å²) in [5, 5.41) is 0. The fourth-order valence-electron chi connectivity index (χ4n) is 4.17. The van der Waals surface area contributed by atoms with Crippen molar-refractivity contribution in [1.82, 2.24) is 0 Å². The van der Waals surface area contributed by atoms with Gasteiger partial charge in [0, 0.05) is 12.8 Å². The third-order valence-electron chi connectivity index (χ3n) is 6.12. The molecule has 0 aliphatic heterocycles. The van der Waals surface area contributed by atoms with E-state index in [1.54, 1.807) is 0 Å². The smallest absolute Gasteiger partial charge is 0.306 e. The molecule has 1 aliphatic carbocycles. The van der Waals surface area contributed by atoms with Gasteiger partial charge in [-0.25, -0.2) is 0 Å². The molecule has 1 rings (SSSR count). The van der Waals surface area contributed by atoms with Gasteiger partial charge >= 0.3 is 11.9 Å². The third kappa shape index (κ3) is 16.7. The van der Waals surface area contributed by atoms with Crippen molar-refractivity contribution in [3.05, 3.63) is 0 Å². The van der Waals surface area contributed by atoms with Gasteiger partial charge in [-0.15, -0.1) is 0 Å². The number of ether oxygens (including phenoxy) is 2. The van der Waals surface area contributed by atoms with Gasteiger partial charge in [-0.2, -0.15) is 0 Å².